The van der Waals surface area contributed by atoms with E-state index in [9.17, 15) is 9.90 Å². The number of rotatable bonds is 2. The van der Waals surface area contributed by atoms with Crippen LogP contribution in [0.15, 0.2) is 42.5 Å². The number of carboxylic acids is 1. The van der Waals surface area contributed by atoms with Gasteiger partial charge in [-0.2, -0.15) is 0 Å². The normalized spacial score (nSPS) is 12.9. The summed E-state index contributed by atoms with van der Waals surface area (Å²) in [7, 11) is 0. The van der Waals surface area contributed by atoms with Gasteiger partial charge in [0.25, 0.3) is 0 Å². The van der Waals surface area contributed by atoms with Crippen LogP contribution in [0.2, 0.25) is 0 Å². The standard InChI is InChI=1S/C15H12O2S/c1-9(15(16)17)10-6-4-7-12-11-5-2-3-8-13(11)18-14(10)12/h2-9H,1H3,(H,16,17)/p-1/t9-/m0/s1. The van der Waals surface area contributed by atoms with Crippen LogP contribution in [-0.2, 0) is 4.79 Å². The minimum absolute atomic E-state index is 0.582. The Bertz CT molecular complexity index is 742. The molecule has 0 spiro atoms. The van der Waals surface area contributed by atoms with Crippen LogP contribution < -0.4 is 5.11 Å². The Morgan fingerprint density at radius 2 is 1.83 bits per heavy atom. The fourth-order valence-corrected chi connectivity index (χ4v) is 3.54. The molecule has 1 atom stereocenters. The zero-order chi connectivity index (χ0) is 12.7. The van der Waals surface area contributed by atoms with Crippen molar-refractivity contribution in [3.63, 3.8) is 0 Å². The van der Waals surface area contributed by atoms with Crippen LogP contribution in [0.25, 0.3) is 20.2 Å². The molecule has 0 aliphatic rings. The second-order valence-corrected chi connectivity index (χ2v) is 5.42. The van der Waals surface area contributed by atoms with Crippen LogP contribution >= 0.6 is 11.3 Å². The predicted molar refractivity (Wildman–Crippen MR) is 72.8 cm³/mol. The number of hydrogen-bond acceptors (Lipinski definition) is 3. The van der Waals surface area contributed by atoms with E-state index >= 15 is 0 Å². The summed E-state index contributed by atoms with van der Waals surface area (Å²) in [4.78, 5) is 11.1. The highest BCUT2D eigenvalue weighted by molar-refractivity contribution is 7.26. The van der Waals surface area contributed by atoms with Crippen molar-refractivity contribution in [1.29, 1.82) is 0 Å². The highest BCUT2D eigenvalue weighted by atomic mass is 32.1. The molecule has 90 valence electrons. The quantitative estimate of drug-likeness (QED) is 0.706. The van der Waals surface area contributed by atoms with Crippen molar-refractivity contribution in [2.45, 2.75) is 12.8 Å². The molecular formula is C15H11O2S-. The molecule has 0 unspecified atom stereocenters. The fourth-order valence-electron chi connectivity index (χ4n) is 2.24. The molecule has 0 saturated heterocycles. The van der Waals surface area contributed by atoms with Crippen molar-refractivity contribution in [2.24, 2.45) is 0 Å². The Labute approximate surface area is 108 Å². The number of fused-ring (bicyclic) bond motifs is 3. The average molecular weight is 255 g/mol. The molecular weight excluding hydrogens is 244 g/mol. The van der Waals surface area contributed by atoms with E-state index in [0.29, 0.717) is 0 Å². The summed E-state index contributed by atoms with van der Waals surface area (Å²) < 4.78 is 2.24. The molecule has 18 heavy (non-hydrogen) atoms. The van der Waals surface area contributed by atoms with Crippen LogP contribution in [0.5, 0.6) is 0 Å². The molecule has 3 heteroatoms. The molecule has 2 nitrogen and oxygen atoms in total. The van der Waals surface area contributed by atoms with E-state index in [1.54, 1.807) is 18.3 Å². The van der Waals surface area contributed by atoms with Crippen LogP contribution in [0.3, 0.4) is 0 Å². The monoisotopic (exact) mass is 255 g/mol. The molecule has 0 aliphatic carbocycles. The third-order valence-corrected chi connectivity index (χ3v) is 4.49. The molecule has 0 radical (unpaired) electrons. The summed E-state index contributed by atoms with van der Waals surface area (Å²) in [5, 5.41) is 13.4. The Morgan fingerprint density at radius 1 is 1.11 bits per heavy atom. The lowest BCUT2D eigenvalue weighted by Gasteiger charge is -2.13. The zero-order valence-electron chi connectivity index (χ0n) is 9.84. The number of carbonyl (C=O) groups excluding carboxylic acids is 1. The lowest BCUT2D eigenvalue weighted by molar-refractivity contribution is -0.307. The van der Waals surface area contributed by atoms with Gasteiger partial charge in [-0.3, -0.25) is 0 Å². The van der Waals surface area contributed by atoms with Gasteiger partial charge in [-0.25, -0.2) is 0 Å². The maximum absolute atomic E-state index is 11.1. The highest BCUT2D eigenvalue weighted by Crippen LogP contribution is 2.37. The first-order valence-electron chi connectivity index (χ1n) is 5.79. The molecule has 1 heterocycles. The van der Waals surface area contributed by atoms with E-state index in [0.717, 1.165) is 15.6 Å². The predicted octanol–water partition coefficient (Wildman–Crippen LogP) is 2.91. The van der Waals surface area contributed by atoms with Gasteiger partial charge in [-0.1, -0.05) is 43.3 Å². The van der Waals surface area contributed by atoms with Gasteiger partial charge < -0.3 is 9.90 Å². The van der Waals surface area contributed by atoms with Gasteiger partial charge in [0.1, 0.15) is 0 Å². The largest absolute Gasteiger partial charge is 0.550 e. The maximum atomic E-state index is 11.1. The molecule has 0 saturated carbocycles. The molecule has 0 fully saturated rings. The summed E-state index contributed by atoms with van der Waals surface area (Å²) in [6, 6.07) is 14.0. The summed E-state index contributed by atoms with van der Waals surface area (Å²) in [6.07, 6.45) is 0. The van der Waals surface area contributed by atoms with E-state index < -0.39 is 11.9 Å². The fraction of sp³-hybridized carbons (Fsp3) is 0.133. The third-order valence-electron chi connectivity index (χ3n) is 3.25. The zero-order valence-corrected chi connectivity index (χ0v) is 10.7. The Morgan fingerprint density at radius 3 is 2.61 bits per heavy atom. The lowest BCUT2D eigenvalue weighted by Crippen LogP contribution is -2.27. The van der Waals surface area contributed by atoms with Gasteiger partial charge in [0.15, 0.2) is 0 Å². The van der Waals surface area contributed by atoms with Crippen molar-refractivity contribution in [1.82, 2.24) is 0 Å². The second-order valence-electron chi connectivity index (χ2n) is 4.36. The van der Waals surface area contributed by atoms with Gasteiger partial charge in [0.05, 0.1) is 0 Å². The molecule has 0 N–H and O–H groups in total. The minimum Gasteiger partial charge on any atom is -0.550 e. The molecule has 3 rings (SSSR count). The van der Waals surface area contributed by atoms with E-state index in [-0.39, 0.29) is 0 Å². The van der Waals surface area contributed by atoms with Gasteiger partial charge in [0, 0.05) is 32.1 Å². The van der Waals surface area contributed by atoms with E-state index in [1.807, 2.05) is 30.3 Å². The Hall–Kier alpha value is -1.87. The smallest absolute Gasteiger partial charge is 0.0487 e. The Balaban J connectivity index is 2.37. The van der Waals surface area contributed by atoms with Crippen molar-refractivity contribution in [2.75, 3.05) is 0 Å². The average Bonchev–Trinajstić information content (AvgIpc) is 2.76. The number of aliphatic carboxylic acids is 1. The number of thiophene rings is 1. The third kappa shape index (κ3) is 1.59. The Kier molecular flexibility index (Phi) is 2.56. The number of benzene rings is 2. The first-order valence-corrected chi connectivity index (χ1v) is 6.61. The summed E-state index contributed by atoms with van der Waals surface area (Å²) >= 11 is 1.64. The lowest BCUT2D eigenvalue weighted by atomic mass is 9.99. The summed E-state index contributed by atoms with van der Waals surface area (Å²) in [5.41, 5.74) is 0.841. The van der Waals surface area contributed by atoms with Gasteiger partial charge >= 0.3 is 0 Å². The van der Waals surface area contributed by atoms with Crippen LogP contribution in [0.1, 0.15) is 18.4 Å². The first-order chi connectivity index (χ1) is 8.68. The molecule has 1 aromatic heterocycles. The van der Waals surface area contributed by atoms with Gasteiger partial charge in [-0.05, 0) is 11.6 Å². The van der Waals surface area contributed by atoms with Crippen molar-refractivity contribution >= 4 is 37.5 Å². The number of carboxylic acid groups (broad SMARTS) is 1. The summed E-state index contributed by atoms with van der Waals surface area (Å²) in [6.45, 7) is 1.68. The van der Waals surface area contributed by atoms with Crippen LogP contribution in [-0.4, -0.2) is 5.97 Å². The topological polar surface area (TPSA) is 40.1 Å². The van der Waals surface area contributed by atoms with Crippen molar-refractivity contribution < 1.29 is 9.90 Å². The second kappa shape index (κ2) is 4.10. The molecule has 0 bridgehead atoms. The van der Waals surface area contributed by atoms with Gasteiger partial charge in [0.2, 0.25) is 0 Å². The highest BCUT2D eigenvalue weighted by Gasteiger charge is 2.13. The van der Waals surface area contributed by atoms with E-state index in [1.165, 1.54) is 10.1 Å². The van der Waals surface area contributed by atoms with Gasteiger partial charge in [-0.15, -0.1) is 11.3 Å². The van der Waals surface area contributed by atoms with Crippen LogP contribution in [0.4, 0.5) is 0 Å². The van der Waals surface area contributed by atoms with Crippen molar-refractivity contribution in [3.8, 4) is 0 Å². The van der Waals surface area contributed by atoms with Crippen LogP contribution in [0, 0.1) is 0 Å². The molecule has 0 aliphatic heterocycles. The maximum Gasteiger partial charge on any atom is 0.0487 e. The number of hydrogen-bond donors (Lipinski definition) is 0. The molecule has 2 aromatic carbocycles. The van der Waals surface area contributed by atoms with E-state index in [2.05, 4.69) is 12.1 Å². The van der Waals surface area contributed by atoms with Crippen molar-refractivity contribution in [3.05, 3.63) is 48.0 Å². The summed E-state index contributed by atoms with van der Waals surface area (Å²) in [5.74, 6) is -1.61. The molecule has 3 aromatic rings. The minimum atomic E-state index is -1.03. The molecule has 0 amide bonds. The van der Waals surface area contributed by atoms with E-state index in [4.69, 9.17) is 0 Å². The number of carbonyl (C=O) groups is 1. The SMILES string of the molecule is C[C@H](C(=O)[O-])c1cccc2c1sc1ccccc12. The first kappa shape index (κ1) is 11.2.